The van der Waals surface area contributed by atoms with Crippen molar-refractivity contribution in [3.63, 3.8) is 0 Å². The fourth-order valence-corrected chi connectivity index (χ4v) is 5.22. The van der Waals surface area contributed by atoms with Crippen molar-refractivity contribution in [3.05, 3.63) is 24.3 Å². The Hall–Kier alpha value is -0.0900. The van der Waals surface area contributed by atoms with Gasteiger partial charge >= 0.3 is 0 Å². The lowest BCUT2D eigenvalue weighted by atomic mass is 9.92. The quantitative estimate of drug-likeness (QED) is 0.560. The molecule has 4 unspecified atom stereocenters. The summed E-state index contributed by atoms with van der Waals surface area (Å²) in [4.78, 5) is 0. The van der Waals surface area contributed by atoms with Crippen LogP contribution in [0.1, 0.15) is 13.3 Å². The maximum absolute atomic E-state index is 2.45. The third-order valence-corrected chi connectivity index (χ3v) is 5.56. The first-order valence-electron chi connectivity index (χ1n) is 5.21. The molecule has 13 heavy (non-hydrogen) atoms. The minimum atomic E-state index is 0.230. The molecule has 2 aliphatic carbocycles. The molecule has 0 aromatic carbocycles. The molecule has 0 bridgehead atoms. The number of fused-ring (bicyclic) bond motifs is 1. The highest BCUT2D eigenvalue weighted by Crippen LogP contribution is 2.53. The molecule has 2 rings (SSSR count). The van der Waals surface area contributed by atoms with Gasteiger partial charge in [-0.25, -0.2) is 0 Å². The van der Waals surface area contributed by atoms with Gasteiger partial charge in [0.25, 0.3) is 0 Å². The number of hydrogen-bond acceptors (Lipinski definition) is 0. The molecule has 0 spiro atoms. The van der Waals surface area contributed by atoms with E-state index in [0.29, 0.717) is 0 Å². The topological polar surface area (TPSA) is 0 Å². The van der Waals surface area contributed by atoms with E-state index in [2.05, 4.69) is 44.6 Å². The molecule has 0 N–H and O–H groups in total. The molecule has 0 radical (unpaired) electrons. The van der Waals surface area contributed by atoms with Gasteiger partial charge in [0.1, 0.15) is 0 Å². The molecule has 0 amide bonds. The van der Waals surface area contributed by atoms with Gasteiger partial charge in [0.2, 0.25) is 0 Å². The van der Waals surface area contributed by atoms with Gasteiger partial charge in [0.05, 0.1) is 0 Å². The van der Waals surface area contributed by atoms with Crippen LogP contribution in [-0.4, -0.2) is 19.0 Å². The predicted octanol–water partition coefficient (Wildman–Crippen LogP) is 3.49. The Bertz CT molecular complexity index is 240. The van der Waals surface area contributed by atoms with Crippen molar-refractivity contribution in [1.29, 1.82) is 0 Å². The van der Waals surface area contributed by atoms with Crippen LogP contribution in [0.3, 0.4) is 0 Å². The average Bonchev–Trinajstić information content (AvgIpc) is 2.39. The summed E-state index contributed by atoms with van der Waals surface area (Å²) in [6.45, 7) is 7.31. The largest absolute Gasteiger partial charge is 0.109 e. The van der Waals surface area contributed by atoms with E-state index < -0.39 is 0 Å². The van der Waals surface area contributed by atoms with Crippen molar-refractivity contribution in [3.8, 4) is 0 Å². The Morgan fingerprint density at radius 1 is 1.15 bits per heavy atom. The molecule has 1 heteroatoms. The lowest BCUT2D eigenvalue weighted by Gasteiger charge is -2.27. The zero-order valence-corrected chi connectivity index (χ0v) is 9.67. The summed E-state index contributed by atoms with van der Waals surface area (Å²) < 4.78 is 0. The zero-order chi connectivity index (χ0) is 9.42. The normalized spacial score (nSPS) is 42.8. The molecule has 0 saturated heterocycles. The SMILES string of the molecule is CC1CC2C=CC=CC2C1P(C)C. The zero-order valence-electron chi connectivity index (χ0n) is 8.77. The number of rotatable bonds is 1. The van der Waals surface area contributed by atoms with Crippen molar-refractivity contribution in [2.75, 3.05) is 13.3 Å². The molecule has 4 atom stereocenters. The van der Waals surface area contributed by atoms with Gasteiger partial charge in [-0.3, -0.25) is 0 Å². The van der Waals surface area contributed by atoms with Crippen LogP contribution in [-0.2, 0) is 0 Å². The highest BCUT2D eigenvalue weighted by atomic mass is 31.1. The minimum absolute atomic E-state index is 0.230. The molecular weight excluding hydrogens is 175 g/mol. The molecule has 1 fully saturated rings. The first-order chi connectivity index (χ1) is 6.20. The Morgan fingerprint density at radius 3 is 2.54 bits per heavy atom. The van der Waals surface area contributed by atoms with Crippen LogP contribution in [0.25, 0.3) is 0 Å². The fourth-order valence-electron chi connectivity index (χ4n) is 3.07. The van der Waals surface area contributed by atoms with Crippen molar-refractivity contribution in [2.24, 2.45) is 17.8 Å². The molecule has 0 aromatic rings. The maximum Gasteiger partial charge on any atom is -0.00971 e. The van der Waals surface area contributed by atoms with Crippen molar-refractivity contribution >= 4 is 7.92 Å². The number of allylic oxidation sites excluding steroid dienone is 4. The predicted molar refractivity (Wildman–Crippen MR) is 61.6 cm³/mol. The van der Waals surface area contributed by atoms with Crippen LogP contribution >= 0.6 is 7.92 Å². The molecule has 0 heterocycles. The first kappa shape index (κ1) is 9.46. The lowest BCUT2D eigenvalue weighted by Crippen LogP contribution is -2.18. The monoisotopic (exact) mass is 194 g/mol. The third kappa shape index (κ3) is 1.62. The van der Waals surface area contributed by atoms with Gasteiger partial charge in [0.15, 0.2) is 0 Å². The Kier molecular flexibility index (Phi) is 2.60. The second kappa shape index (κ2) is 3.58. The second-order valence-electron chi connectivity index (χ2n) is 4.68. The Labute approximate surface area is 82.9 Å². The second-order valence-corrected chi connectivity index (χ2v) is 7.20. The fraction of sp³-hybridized carbons (Fsp3) is 0.667. The van der Waals surface area contributed by atoms with Crippen molar-refractivity contribution < 1.29 is 0 Å². The molecule has 2 aliphatic rings. The van der Waals surface area contributed by atoms with E-state index in [1.165, 1.54) is 6.42 Å². The minimum Gasteiger partial charge on any atom is -0.109 e. The van der Waals surface area contributed by atoms with Crippen LogP contribution in [0.5, 0.6) is 0 Å². The van der Waals surface area contributed by atoms with Gasteiger partial charge in [-0.1, -0.05) is 31.2 Å². The van der Waals surface area contributed by atoms with E-state index in [1.54, 1.807) is 0 Å². The van der Waals surface area contributed by atoms with Gasteiger partial charge in [-0.15, -0.1) is 7.92 Å². The van der Waals surface area contributed by atoms with Gasteiger partial charge in [-0.2, -0.15) is 0 Å². The van der Waals surface area contributed by atoms with Crippen LogP contribution in [0.15, 0.2) is 24.3 Å². The van der Waals surface area contributed by atoms with E-state index in [4.69, 9.17) is 0 Å². The molecule has 72 valence electrons. The molecule has 0 aliphatic heterocycles. The van der Waals surface area contributed by atoms with Gasteiger partial charge in [-0.05, 0) is 43.2 Å². The number of hydrogen-bond donors (Lipinski definition) is 0. The first-order valence-corrected chi connectivity index (χ1v) is 7.52. The molecule has 0 nitrogen and oxygen atoms in total. The van der Waals surface area contributed by atoms with E-state index in [1.807, 2.05) is 0 Å². The molecule has 1 saturated carbocycles. The van der Waals surface area contributed by atoms with E-state index >= 15 is 0 Å². The smallest absolute Gasteiger partial charge is 0.00971 e. The lowest BCUT2D eigenvalue weighted by molar-refractivity contribution is 0.556. The van der Waals surface area contributed by atoms with Crippen LogP contribution < -0.4 is 0 Å². The van der Waals surface area contributed by atoms with Crippen molar-refractivity contribution in [1.82, 2.24) is 0 Å². The summed E-state index contributed by atoms with van der Waals surface area (Å²) in [7, 11) is 0.230. The molecular formula is C12H19P. The summed E-state index contributed by atoms with van der Waals surface area (Å²) in [5.41, 5.74) is 0.973. The van der Waals surface area contributed by atoms with E-state index in [9.17, 15) is 0 Å². The van der Waals surface area contributed by atoms with Gasteiger partial charge < -0.3 is 0 Å². The summed E-state index contributed by atoms with van der Waals surface area (Å²) >= 11 is 0. The third-order valence-electron chi connectivity index (χ3n) is 3.51. The highest BCUT2D eigenvalue weighted by Gasteiger charge is 2.40. The highest BCUT2D eigenvalue weighted by molar-refractivity contribution is 7.56. The summed E-state index contributed by atoms with van der Waals surface area (Å²) in [5, 5.41) is 0. The van der Waals surface area contributed by atoms with Crippen LogP contribution in [0.4, 0.5) is 0 Å². The van der Waals surface area contributed by atoms with E-state index in [0.717, 1.165) is 23.4 Å². The Balaban J connectivity index is 2.20. The molecule has 0 aromatic heterocycles. The average molecular weight is 194 g/mol. The Morgan fingerprint density at radius 2 is 1.85 bits per heavy atom. The van der Waals surface area contributed by atoms with Crippen LogP contribution in [0, 0.1) is 17.8 Å². The van der Waals surface area contributed by atoms with Crippen LogP contribution in [0.2, 0.25) is 0 Å². The summed E-state index contributed by atoms with van der Waals surface area (Å²) in [6.07, 6.45) is 10.7. The standard InChI is InChI=1S/C12H19P/c1-9-8-10-6-4-5-7-11(10)12(9)13(2)3/h4-7,9-12H,8H2,1-3H3. The van der Waals surface area contributed by atoms with E-state index in [-0.39, 0.29) is 7.92 Å². The summed E-state index contributed by atoms with van der Waals surface area (Å²) in [5.74, 6) is 2.65. The summed E-state index contributed by atoms with van der Waals surface area (Å²) in [6, 6.07) is 0. The maximum atomic E-state index is 2.45. The van der Waals surface area contributed by atoms with Gasteiger partial charge in [0, 0.05) is 0 Å². The van der Waals surface area contributed by atoms with Crippen molar-refractivity contribution in [2.45, 2.75) is 19.0 Å².